The van der Waals surface area contributed by atoms with E-state index in [1.807, 2.05) is 11.0 Å². The number of carbonyl (C=O) groups excluding carboxylic acids is 1. The maximum Gasteiger partial charge on any atom is 0.253 e. The van der Waals surface area contributed by atoms with E-state index in [9.17, 15) is 15.0 Å². The zero-order valence-electron chi connectivity index (χ0n) is 14.4. The van der Waals surface area contributed by atoms with Gasteiger partial charge in [0, 0.05) is 38.3 Å². The smallest absolute Gasteiger partial charge is 0.253 e. The highest BCUT2D eigenvalue weighted by Gasteiger charge is 2.33. The van der Waals surface area contributed by atoms with Gasteiger partial charge >= 0.3 is 0 Å². The molecule has 1 aromatic rings. The lowest BCUT2D eigenvalue weighted by atomic mass is 10.0. The van der Waals surface area contributed by atoms with Crippen LogP contribution in [0.1, 0.15) is 29.8 Å². The van der Waals surface area contributed by atoms with E-state index in [0.29, 0.717) is 30.8 Å². The van der Waals surface area contributed by atoms with Crippen LogP contribution in [-0.2, 0) is 0 Å². The Morgan fingerprint density at radius 2 is 1.83 bits per heavy atom. The number of benzene rings is 1. The minimum absolute atomic E-state index is 0.0364. The molecule has 1 amide bonds. The molecule has 0 aromatic heterocycles. The third-order valence-electron chi connectivity index (χ3n) is 4.63. The summed E-state index contributed by atoms with van der Waals surface area (Å²) in [5.41, 5.74) is 1.07. The minimum Gasteiger partial charge on any atom is -0.389 e. The molecule has 1 aromatic carbocycles. The van der Waals surface area contributed by atoms with Gasteiger partial charge in [0.1, 0.15) is 0 Å². The molecule has 0 unspecified atom stereocenters. The van der Waals surface area contributed by atoms with Crippen LogP contribution in [0.3, 0.4) is 0 Å². The first-order valence-electron chi connectivity index (χ1n) is 8.19. The lowest BCUT2D eigenvalue weighted by molar-refractivity contribution is 0.0572. The van der Waals surface area contributed by atoms with Crippen molar-refractivity contribution < 1.29 is 15.0 Å². The SMILES string of the molecule is CC(C)[C@@H](CN1C[C@@H](O)[C@H](O)C1)N(C)C(=O)c1ccc(C#N)cc1. The normalized spacial score (nSPS) is 22.4. The van der Waals surface area contributed by atoms with Gasteiger partial charge in [-0.15, -0.1) is 0 Å². The van der Waals surface area contributed by atoms with E-state index in [-0.39, 0.29) is 17.9 Å². The number of β-amino-alcohol motifs (C(OH)–C–C–N with tert-alkyl or cyclic N) is 2. The third-order valence-corrected chi connectivity index (χ3v) is 4.63. The molecule has 3 atom stereocenters. The topological polar surface area (TPSA) is 87.8 Å². The van der Waals surface area contributed by atoms with E-state index in [1.54, 1.807) is 36.2 Å². The standard InChI is InChI=1S/C18H25N3O3/c1-12(2)15(9-21-10-16(22)17(23)11-21)20(3)18(24)14-6-4-13(8-19)5-7-14/h4-7,12,15-17,22-23H,9-11H2,1-3H3/t15-,16-,17-/m1/s1. The number of aliphatic hydroxyl groups is 2. The van der Waals surface area contributed by atoms with Crippen LogP contribution in [-0.4, -0.2) is 70.9 Å². The van der Waals surface area contributed by atoms with Crippen LogP contribution < -0.4 is 0 Å². The highest BCUT2D eigenvalue weighted by Crippen LogP contribution is 2.18. The summed E-state index contributed by atoms with van der Waals surface area (Å²) < 4.78 is 0. The second-order valence-electron chi connectivity index (χ2n) is 6.77. The second-order valence-corrected chi connectivity index (χ2v) is 6.77. The average molecular weight is 331 g/mol. The predicted octanol–water partition coefficient (Wildman–Crippen LogP) is 0.692. The molecule has 1 fully saturated rings. The summed E-state index contributed by atoms with van der Waals surface area (Å²) in [5.74, 6) is 0.130. The molecule has 0 bridgehead atoms. The Morgan fingerprint density at radius 1 is 1.29 bits per heavy atom. The Kier molecular flexibility index (Phi) is 5.94. The molecule has 0 spiro atoms. The maximum absolute atomic E-state index is 12.7. The van der Waals surface area contributed by atoms with Gasteiger partial charge in [0.2, 0.25) is 0 Å². The van der Waals surface area contributed by atoms with Crippen molar-refractivity contribution in [2.45, 2.75) is 32.1 Å². The Hall–Kier alpha value is -1.94. The summed E-state index contributed by atoms with van der Waals surface area (Å²) in [7, 11) is 1.77. The quantitative estimate of drug-likeness (QED) is 0.829. The van der Waals surface area contributed by atoms with Gasteiger partial charge in [-0.1, -0.05) is 13.8 Å². The number of nitriles is 1. The molecule has 1 aliphatic heterocycles. The summed E-state index contributed by atoms with van der Waals surface area (Å²) in [5, 5.41) is 28.2. The fourth-order valence-corrected chi connectivity index (χ4v) is 3.08. The molecule has 0 radical (unpaired) electrons. The van der Waals surface area contributed by atoms with Crippen molar-refractivity contribution in [2.24, 2.45) is 5.92 Å². The number of nitrogens with zero attached hydrogens (tertiary/aromatic N) is 3. The summed E-state index contributed by atoms with van der Waals surface area (Å²) in [6.45, 7) is 5.54. The van der Waals surface area contributed by atoms with E-state index in [1.165, 1.54) is 0 Å². The average Bonchev–Trinajstić information content (AvgIpc) is 2.89. The number of likely N-dealkylation sites (N-methyl/N-ethyl adjacent to an activating group) is 1. The Labute approximate surface area is 142 Å². The molecule has 2 rings (SSSR count). The van der Waals surface area contributed by atoms with Crippen molar-refractivity contribution in [3.05, 3.63) is 35.4 Å². The van der Waals surface area contributed by atoms with Gasteiger partial charge in [-0.25, -0.2) is 0 Å². The number of amides is 1. The fourth-order valence-electron chi connectivity index (χ4n) is 3.08. The monoisotopic (exact) mass is 331 g/mol. The highest BCUT2D eigenvalue weighted by molar-refractivity contribution is 5.94. The highest BCUT2D eigenvalue weighted by atomic mass is 16.3. The number of hydrogen-bond acceptors (Lipinski definition) is 5. The molecular formula is C18H25N3O3. The number of rotatable bonds is 5. The molecule has 0 saturated carbocycles. The number of likely N-dealkylation sites (tertiary alicyclic amines) is 1. The van der Waals surface area contributed by atoms with Crippen LogP contribution in [0.2, 0.25) is 0 Å². The van der Waals surface area contributed by atoms with Crippen LogP contribution in [0.25, 0.3) is 0 Å². The van der Waals surface area contributed by atoms with Gasteiger partial charge in [0.15, 0.2) is 0 Å². The van der Waals surface area contributed by atoms with Crippen molar-refractivity contribution in [1.82, 2.24) is 9.80 Å². The molecule has 0 aliphatic carbocycles. The Morgan fingerprint density at radius 3 is 2.29 bits per heavy atom. The first-order chi connectivity index (χ1) is 11.3. The molecular weight excluding hydrogens is 306 g/mol. The zero-order chi connectivity index (χ0) is 17.9. The molecule has 6 heteroatoms. The lowest BCUT2D eigenvalue weighted by Gasteiger charge is -2.34. The summed E-state index contributed by atoms with van der Waals surface area (Å²) in [4.78, 5) is 16.4. The van der Waals surface area contributed by atoms with Crippen LogP contribution in [0.15, 0.2) is 24.3 Å². The van der Waals surface area contributed by atoms with Crippen molar-refractivity contribution in [3.63, 3.8) is 0 Å². The van der Waals surface area contributed by atoms with Crippen molar-refractivity contribution in [2.75, 3.05) is 26.7 Å². The van der Waals surface area contributed by atoms with Gasteiger partial charge in [0.05, 0.1) is 23.8 Å². The molecule has 130 valence electrons. The van der Waals surface area contributed by atoms with E-state index >= 15 is 0 Å². The van der Waals surface area contributed by atoms with Crippen molar-refractivity contribution in [3.8, 4) is 6.07 Å². The molecule has 6 nitrogen and oxygen atoms in total. The van der Waals surface area contributed by atoms with Gasteiger partial charge in [-0.2, -0.15) is 5.26 Å². The lowest BCUT2D eigenvalue weighted by Crippen LogP contribution is -2.47. The van der Waals surface area contributed by atoms with Crippen molar-refractivity contribution >= 4 is 5.91 Å². The summed E-state index contributed by atoms with van der Waals surface area (Å²) in [6.07, 6.45) is -1.45. The van der Waals surface area contributed by atoms with Gasteiger partial charge < -0.3 is 15.1 Å². The number of aliphatic hydroxyl groups excluding tert-OH is 2. The fraction of sp³-hybridized carbons (Fsp3) is 0.556. The van der Waals surface area contributed by atoms with E-state index in [0.717, 1.165) is 0 Å². The second kappa shape index (κ2) is 7.75. The molecule has 1 heterocycles. The van der Waals surface area contributed by atoms with E-state index < -0.39 is 12.2 Å². The Bertz CT molecular complexity index is 599. The molecule has 1 saturated heterocycles. The summed E-state index contributed by atoms with van der Waals surface area (Å²) in [6, 6.07) is 8.61. The van der Waals surface area contributed by atoms with Crippen LogP contribution >= 0.6 is 0 Å². The minimum atomic E-state index is -0.725. The molecule has 2 N–H and O–H groups in total. The van der Waals surface area contributed by atoms with Crippen molar-refractivity contribution in [1.29, 1.82) is 5.26 Å². The van der Waals surface area contributed by atoms with Gasteiger partial charge in [-0.05, 0) is 30.2 Å². The maximum atomic E-state index is 12.7. The summed E-state index contributed by atoms with van der Waals surface area (Å²) >= 11 is 0. The van der Waals surface area contributed by atoms with Gasteiger partial charge in [-0.3, -0.25) is 9.69 Å². The molecule has 24 heavy (non-hydrogen) atoms. The van der Waals surface area contributed by atoms with Crippen LogP contribution in [0, 0.1) is 17.2 Å². The largest absolute Gasteiger partial charge is 0.389 e. The number of carbonyl (C=O) groups is 1. The Balaban J connectivity index is 2.09. The first kappa shape index (κ1) is 18.4. The van der Waals surface area contributed by atoms with Crippen LogP contribution in [0.4, 0.5) is 0 Å². The zero-order valence-corrected chi connectivity index (χ0v) is 14.4. The van der Waals surface area contributed by atoms with Crippen LogP contribution in [0.5, 0.6) is 0 Å². The van der Waals surface area contributed by atoms with E-state index in [2.05, 4.69) is 13.8 Å². The third kappa shape index (κ3) is 4.12. The number of hydrogen-bond donors (Lipinski definition) is 2. The van der Waals surface area contributed by atoms with E-state index in [4.69, 9.17) is 5.26 Å². The van der Waals surface area contributed by atoms with Gasteiger partial charge in [0.25, 0.3) is 5.91 Å². The molecule has 1 aliphatic rings. The first-order valence-corrected chi connectivity index (χ1v) is 8.19. The predicted molar refractivity (Wildman–Crippen MR) is 90.3 cm³/mol.